The summed E-state index contributed by atoms with van der Waals surface area (Å²) in [5.74, 6) is -0.670. The third-order valence-corrected chi connectivity index (χ3v) is 3.72. The number of nitrogens with zero attached hydrogens (tertiary/aromatic N) is 2. The maximum absolute atomic E-state index is 10.5. The highest BCUT2D eigenvalue weighted by atomic mass is 32.2. The lowest BCUT2D eigenvalue weighted by molar-refractivity contribution is 0.270. The molecule has 0 saturated carbocycles. The highest BCUT2D eigenvalue weighted by molar-refractivity contribution is 7.86. The predicted octanol–water partition coefficient (Wildman–Crippen LogP) is -1.37. The van der Waals surface area contributed by atoms with E-state index in [1.165, 1.54) is 0 Å². The Balaban J connectivity index is 3.81. The van der Waals surface area contributed by atoms with Crippen LogP contribution in [0, 0.1) is 0 Å². The first-order valence-corrected chi connectivity index (χ1v) is 8.49. The van der Waals surface area contributed by atoms with E-state index < -0.39 is 20.2 Å². The fraction of sp³-hybridized carbons (Fsp3) is 1.00. The molecule has 0 aliphatic carbocycles. The Morgan fingerprint density at radius 1 is 0.722 bits per heavy atom. The maximum atomic E-state index is 10.5. The summed E-state index contributed by atoms with van der Waals surface area (Å²) in [4.78, 5) is 3.41. The van der Waals surface area contributed by atoms with Crippen molar-refractivity contribution < 1.29 is 25.9 Å². The average molecular weight is 304 g/mol. The van der Waals surface area contributed by atoms with Crippen molar-refractivity contribution in [1.29, 1.82) is 0 Å². The minimum absolute atomic E-state index is 0.199. The van der Waals surface area contributed by atoms with Crippen LogP contribution in [0.2, 0.25) is 0 Å². The number of hydrogen-bond donors (Lipinski definition) is 2. The zero-order valence-electron chi connectivity index (χ0n) is 10.5. The van der Waals surface area contributed by atoms with Gasteiger partial charge in [0.15, 0.2) is 0 Å². The molecule has 0 unspecified atom stereocenters. The van der Waals surface area contributed by atoms with Crippen LogP contribution in [0.1, 0.15) is 0 Å². The average Bonchev–Trinajstić information content (AvgIpc) is 2.18. The van der Waals surface area contributed by atoms with E-state index in [0.29, 0.717) is 13.1 Å². The summed E-state index contributed by atoms with van der Waals surface area (Å²) in [5.41, 5.74) is 0. The molecule has 0 aromatic carbocycles. The molecular weight excluding hydrogens is 284 g/mol. The lowest BCUT2D eigenvalue weighted by atomic mass is 10.5. The fourth-order valence-electron chi connectivity index (χ4n) is 1.11. The molecule has 0 heterocycles. The van der Waals surface area contributed by atoms with Crippen LogP contribution in [0.15, 0.2) is 0 Å². The summed E-state index contributed by atoms with van der Waals surface area (Å²) in [6.45, 7) is 1.45. The fourth-order valence-corrected chi connectivity index (χ4v) is 2.19. The van der Waals surface area contributed by atoms with Crippen molar-refractivity contribution in [3.8, 4) is 0 Å². The van der Waals surface area contributed by atoms with Gasteiger partial charge in [-0.25, -0.2) is 0 Å². The van der Waals surface area contributed by atoms with Crippen molar-refractivity contribution >= 4 is 20.2 Å². The van der Waals surface area contributed by atoms with Gasteiger partial charge in [-0.2, -0.15) is 16.8 Å². The lowest BCUT2D eigenvalue weighted by Gasteiger charge is -2.21. The maximum Gasteiger partial charge on any atom is 0.266 e. The van der Waals surface area contributed by atoms with Crippen molar-refractivity contribution in [3.05, 3.63) is 0 Å². The first-order chi connectivity index (χ1) is 7.99. The molecule has 0 radical (unpaired) electrons. The molecule has 0 amide bonds. The number of likely N-dealkylation sites (N-methyl/N-ethyl adjacent to an activating group) is 2. The molecule has 0 spiro atoms. The van der Waals surface area contributed by atoms with E-state index in [0.717, 1.165) is 0 Å². The SMILES string of the molecule is CN(CCN(C)CCS(=O)(=O)O)CCS(=O)(=O)O. The van der Waals surface area contributed by atoms with Gasteiger partial charge in [0.05, 0.1) is 11.5 Å². The summed E-state index contributed by atoms with van der Waals surface area (Å²) in [6, 6.07) is 0. The monoisotopic (exact) mass is 304 g/mol. The molecule has 10 heteroatoms. The van der Waals surface area contributed by atoms with E-state index >= 15 is 0 Å². The van der Waals surface area contributed by atoms with Gasteiger partial charge in [-0.1, -0.05) is 0 Å². The molecule has 0 aromatic heterocycles. The molecule has 2 N–H and O–H groups in total. The van der Waals surface area contributed by atoms with Crippen LogP contribution < -0.4 is 0 Å². The second kappa shape index (κ2) is 7.36. The van der Waals surface area contributed by atoms with Gasteiger partial charge in [0, 0.05) is 26.2 Å². The van der Waals surface area contributed by atoms with Gasteiger partial charge in [0.2, 0.25) is 0 Å². The third-order valence-electron chi connectivity index (χ3n) is 2.33. The highest BCUT2D eigenvalue weighted by Gasteiger charge is 2.10. The Morgan fingerprint density at radius 2 is 1.00 bits per heavy atom. The summed E-state index contributed by atoms with van der Waals surface area (Å²) in [5, 5.41) is 0. The highest BCUT2D eigenvalue weighted by Crippen LogP contribution is 1.91. The molecule has 110 valence electrons. The number of rotatable bonds is 9. The Bertz CT molecular complexity index is 391. The minimum atomic E-state index is -3.95. The van der Waals surface area contributed by atoms with Gasteiger partial charge in [-0.3, -0.25) is 9.11 Å². The summed E-state index contributed by atoms with van der Waals surface area (Å²) in [6.07, 6.45) is 0. The molecule has 0 aliphatic rings. The van der Waals surface area contributed by atoms with Crippen LogP contribution in [-0.4, -0.2) is 87.5 Å². The van der Waals surface area contributed by atoms with E-state index in [2.05, 4.69) is 0 Å². The smallest absolute Gasteiger partial charge is 0.266 e. The standard InChI is InChI=1S/C8H20N2O6S2/c1-9(5-7-17(11,12)13)3-4-10(2)6-8-18(14,15)16/h3-8H2,1-2H3,(H,11,12,13)(H,14,15,16). The van der Waals surface area contributed by atoms with E-state index in [1.54, 1.807) is 23.9 Å². The Morgan fingerprint density at radius 3 is 1.22 bits per heavy atom. The molecule has 0 atom stereocenters. The van der Waals surface area contributed by atoms with Crippen LogP contribution >= 0.6 is 0 Å². The molecule has 0 rings (SSSR count). The lowest BCUT2D eigenvalue weighted by Crippen LogP contribution is -2.35. The molecule has 0 aliphatic heterocycles. The van der Waals surface area contributed by atoms with Crippen molar-refractivity contribution in [2.45, 2.75) is 0 Å². The van der Waals surface area contributed by atoms with E-state index in [4.69, 9.17) is 9.11 Å². The first-order valence-electron chi connectivity index (χ1n) is 5.27. The second-order valence-electron chi connectivity index (χ2n) is 4.18. The molecule has 0 aromatic rings. The quantitative estimate of drug-likeness (QED) is 0.501. The van der Waals surface area contributed by atoms with Crippen molar-refractivity contribution in [3.63, 3.8) is 0 Å². The Hall–Kier alpha value is -0.260. The van der Waals surface area contributed by atoms with Gasteiger partial charge in [-0.15, -0.1) is 0 Å². The van der Waals surface area contributed by atoms with Crippen LogP contribution in [-0.2, 0) is 20.2 Å². The molecule has 0 fully saturated rings. The Kier molecular flexibility index (Phi) is 7.25. The zero-order valence-corrected chi connectivity index (χ0v) is 12.1. The van der Waals surface area contributed by atoms with Gasteiger partial charge in [0.1, 0.15) is 0 Å². The molecule has 18 heavy (non-hydrogen) atoms. The van der Waals surface area contributed by atoms with E-state index in [9.17, 15) is 16.8 Å². The van der Waals surface area contributed by atoms with Crippen LogP contribution in [0.3, 0.4) is 0 Å². The van der Waals surface area contributed by atoms with Crippen LogP contribution in [0.4, 0.5) is 0 Å². The number of hydrogen-bond acceptors (Lipinski definition) is 6. The summed E-state index contributed by atoms with van der Waals surface area (Å²) < 4.78 is 59.2. The topological polar surface area (TPSA) is 115 Å². The van der Waals surface area contributed by atoms with Gasteiger partial charge in [-0.05, 0) is 14.1 Å². The summed E-state index contributed by atoms with van der Waals surface area (Å²) >= 11 is 0. The van der Waals surface area contributed by atoms with Crippen molar-refractivity contribution in [1.82, 2.24) is 9.80 Å². The molecule has 8 nitrogen and oxygen atoms in total. The van der Waals surface area contributed by atoms with E-state index in [1.807, 2.05) is 0 Å². The van der Waals surface area contributed by atoms with Crippen molar-refractivity contribution in [2.24, 2.45) is 0 Å². The van der Waals surface area contributed by atoms with Crippen LogP contribution in [0.5, 0.6) is 0 Å². The van der Waals surface area contributed by atoms with Gasteiger partial charge in [0.25, 0.3) is 20.2 Å². The predicted molar refractivity (Wildman–Crippen MR) is 67.8 cm³/mol. The minimum Gasteiger partial charge on any atom is -0.304 e. The van der Waals surface area contributed by atoms with Gasteiger partial charge >= 0.3 is 0 Å². The van der Waals surface area contributed by atoms with Crippen LogP contribution in [0.25, 0.3) is 0 Å². The van der Waals surface area contributed by atoms with Crippen molar-refractivity contribution in [2.75, 3.05) is 51.8 Å². The normalized spacial score (nSPS) is 13.4. The third kappa shape index (κ3) is 12.2. The molecule has 0 saturated heterocycles. The van der Waals surface area contributed by atoms with E-state index in [-0.39, 0.29) is 24.6 Å². The largest absolute Gasteiger partial charge is 0.304 e. The molecule has 0 bridgehead atoms. The zero-order chi connectivity index (χ0) is 14.4. The Labute approximate surface area is 108 Å². The second-order valence-corrected chi connectivity index (χ2v) is 7.32. The van der Waals surface area contributed by atoms with Gasteiger partial charge < -0.3 is 9.80 Å². The summed E-state index contributed by atoms with van der Waals surface area (Å²) in [7, 11) is -4.52. The first kappa shape index (κ1) is 17.7. The molecular formula is C8H20N2O6S2.